The summed E-state index contributed by atoms with van der Waals surface area (Å²) >= 11 is 0. The van der Waals surface area contributed by atoms with E-state index in [2.05, 4.69) is 144 Å². The second kappa shape index (κ2) is 9.14. The first-order chi connectivity index (χ1) is 19.8. The Morgan fingerprint density at radius 3 is 1.90 bits per heavy atom. The third-order valence-corrected chi connectivity index (χ3v) is 7.82. The van der Waals surface area contributed by atoms with Gasteiger partial charge in [0.05, 0.1) is 0 Å². The number of rotatable bonds is 4. The fraction of sp³-hybridized carbons (Fsp3) is 0. The van der Waals surface area contributed by atoms with E-state index < -0.39 is 0 Å². The zero-order valence-corrected chi connectivity index (χ0v) is 21.8. The van der Waals surface area contributed by atoms with Gasteiger partial charge in [-0.15, -0.1) is 0 Å². The molecule has 0 atom stereocenters. The molecule has 2 nitrogen and oxygen atoms in total. The average Bonchev–Trinajstić information content (AvgIpc) is 3.41. The van der Waals surface area contributed by atoms with E-state index >= 15 is 0 Å². The van der Waals surface area contributed by atoms with E-state index in [0.717, 1.165) is 33.6 Å². The second-order valence-corrected chi connectivity index (χ2v) is 10.2. The largest absolute Gasteiger partial charge is 0.456 e. The van der Waals surface area contributed by atoms with Crippen molar-refractivity contribution in [2.24, 2.45) is 0 Å². The van der Waals surface area contributed by atoms with Crippen LogP contribution in [0.2, 0.25) is 0 Å². The van der Waals surface area contributed by atoms with Gasteiger partial charge in [0.15, 0.2) is 0 Å². The van der Waals surface area contributed by atoms with E-state index in [1.807, 2.05) is 12.1 Å². The molecule has 2 heteroatoms. The van der Waals surface area contributed by atoms with Crippen LogP contribution in [0, 0.1) is 0 Å². The Labute approximate surface area is 232 Å². The molecular formula is C38H25NO. The van der Waals surface area contributed by atoms with Gasteiger partial charge in [-0.05, 0) is 87.3 Å². The SMILES string of the molecule is c1ccc(N(c2ccc(-c3ccc4ccc5oc6ccccc6c5c4c3)cc2)c2ccc3ccccc3c2)cc1. The lowest BCUT2D eigenvalue weighted by Gasteiger charge is -2.26. The van der Waals surface area contributed by atoms with E-state index in [-0.39, 0.29) is 0 Å². The van der Waals surface area contributed by atoms with Crippen LogP contribution in [0.25, 0.3) is 54.6 Å². The molecule has 0 radical (unpaired) electrons. The lowest BCUT2D eigenvalue weighted by Crippen LogP contribution is -2.09. The zero-order chi connectivity index (χ0) is 26.5. The lowest BCUT2D eigenvalue weighted by molar-refractivity contribution is 0.669. The van der Waals surface area contributed by atoms with Gasteiger partial charge in [-0.1, -0.05) is 97.1 Å². The molecule has 0 N–H and O–H groups in total. The summed E-state index contributed by atoms with van der Waals surface area (Å²) in [5.41, 5.74) is 7.61. The first-order valence-corrected chi connectivity index (χ1v) is 13.6. The fourth-order valence-electron chi connectivity index (χ4n) is 5.87. The van der Waals surface area contributed by atoms with E-state index in [1.54, 1.807) is 0 Å². The molecule has 0 aliphatic heterocycles. The maximum absolute atomic E-state index is 6.15. The summed E-state index contributed by atoms with van der Waals surface area (Å²) in [5, 5.41) is 7.23. The highest BCUT2D eigenvalue weighted by Crippen LogP contribution is 2.39. The molecule has 40 heavy (non-hydrogen) atoms. The molecule has 7 aromatic carbocycles. The van der Waals surface area contributed by atoms with Gasteiger partial charge >= 0.3 is 0 Å². The molecule has 0 aliphatic rings. The van der Waals surface area contributed by atoms with Crippen molar-refractivity contribution in [1.82, 2.24) is 0 Å². The monoisotopic (exact) mass is 511 g/mol. The van der Waals surface area contributed by atoms with Crippen molar-refractivity contribution in [2.75, 3.05) is 4.90 Å². The average molecular weight is 512 g/mol. The standard InChI is InChI=1S/C38H25NO/c1-2-10-31(11-3-1)39(33-22-18-26-8-4-5-9-29(26)24-33)32-20-16-27(17-21-32)30-15-14-28-19-23-37-38(35(28)25-30)34-12-6-7-13-36(34)40-37/h1-25H. The molecule has 8 aromatic rings. The first-order valence-electron chi connectivity index (χ1n) is 13.6. The van der Waals surface area contributed by atoms with E-state index in [4.69, 9.17) is 4.42 Å². The van der Waals surface area contributed by atoms with Crippen LogP contribution < -0.4 is 4.90 Å². The normalized spacial score (nSPS) is 11.5. The van der Waals surface area contributed by atoms with Crippen LogP contribution >= 0.6 is 0 Å². The summed E-state index contributed by atoms with van der Waals surface area (Å²) in [7, 11) is 0. The minimum absolute atomic E-state index is 0.925. The highest BCUT2D eigenvalue weighted by Gasteiger charge is 2.14. The Morgan fingerprint density at radius 1 is 0.375 bits per heavy atom. The topological polar surface area (TPSA) is 16.4 Å². The third-order valence-electron chi connectivity index (χ3n) is 7.82. The molecule has 0 amide bonds. The van der Waals surface area contributed by atoms with Crippen molar-refractivity contribution >= 4 is 60.5 Å². The molecule has 0 bridgehead atoms. The number of hydrogen-bond donors (Lipinski definition) is 0. The van der Waals surface area contributed by atoms with Crippen LogP contribution in [0.1, 0.15) is 0 Å². The van der Waals surface area contributed by atoms with Gasteiger partial charge in [0.2, 0.25) is 0 Å². The Balaban J connectivity index is 1.23. The van der Waals surface area contributed by atoms with Crippen molar-refractivity contribution in [3.8, 4) is 11.1 Å². The van der Waals surface area contributed by atoms with Gasteiger partial charge in [0, 0.05) is 27.8 Å². The van der Waals surface area contributed by atoms with Gasteiger partial charge < -0.3 is 9.32 Å². The van der Waals surface area contributed by atoms with Crippen LogP contribution in [-0.4, -0.2) is 0 Å². The van der Waals surface area contributed by atoms with Crippen molar-refractivity contribution in [3.63, 3.8) is 0 Å². The highest BCUT2D eigenvalue weighted by molar-refractivity contribution is 6.19. The number of hydrogen-bond acceptors (Lipinski definition) is 2. The van der Waals surface area contributed by atoms with Crippen LogP contribution in [-0.2, 0) is 0 Å². The number of furan rings is 1. The van der Waals surface area contributed by atoms with E-state index in [0.29, 0.717) is 0 Å². The van der Waals surface area contributed by atoms with Gasteiger partial charge in [-0.25, -0.2) is 0 Å². The number of benzene rings is 7. The zero-order valence-electron chi connectivity index (χ0n) is 21.8. The molecule has 0 spiro atoms. The van der Waals surface area contributed by atoms with E-state index in [9.17, 15) is 0 Å². The molecule has 0 fully saturated rings. The molecule has 1 heterocycles. The van der Waals surface area contributed by atoms with Gasteiger partial charge in [0.1, 0.15) is 11.2 Å². The Hall–Kier alpha value is -5.34. The molecule has 0 saturated heterocycles. The smallest absolute Gasteiger partial charge is 0.136 e. The number of anilines is 3. The lowest BCUT2D eigenvalue weighted by atomic mass is 9.98. The summed E-state index contributed by atoms with van der Waals surface area (Å²) in [6, 6.07) is 53.9. The maximum atomic E-state index is 6.15. The minimum Gasteiger partial charge on any atom is -0.456 e. The van der Waals surface area contributed by atoms with Crippen molar-refractivity contribution < 1.29 is 4.42 Å². The first kappa shape index (κ1) is 22.6. The molecule has 8 rings (SSSR count). The molecule has 1 aromatic heterocycles. The minimum atomic E-state index is 0.925. The molecule has 0 unspecified atom stereocenters. The Morgan fingerprint density at radius 2 is 1.02 bits per heavy atom. The van der Waals surface area contributed by atoms with Crippen LogP contribution in [0.3, 0.4) is 0 Å². The van der Waals surface area contributed by atoms with Crippen LogP contribution in [0.5, 0.6) is 0 Å². The fourth-order valence-corrected chi connectivity index (χ4v) is 5.87. The summed E-state index contributed by atoms with van der Waals surface area (Å²) < 4.78 is 6.15. The van der Waals surface area contributed by atoms with Crippen LogP contribution in [0.15, 0.2) is 156 Å². The summed E-state index contributed by atoms with van der Waals surface area (Å²) in [6.45, 7) is 0. The predicted octanol–water partition coefficient (Wildman–Crippen LogP) is 11.0. The number of fused-ring (bicyclic) bond motifs is 6. The maximum Gasteiger partial charge on any atom is 0.136 e. The van der Waals surface area contributed by atoms with Crippen LogP contribution in [0.4, 0.5) is 17.1 Å². The molecular weight excluding hydrogens is 486 g/mol. The quantitative estimate of drug-likeness (QED) is 0.234. The van der Waals surface area contributed by atoms with Gasteiger partial charge in [0.25, 0.3) is 0 Å². The van der Waals surface area contributed by atoms with Crippen molar-refractivity contribution in [2.45, 2.75) is 0 Å². The molecule has 0 aliphatic carbocycles. The molecule has 188 valence electrons. The Kier molecular flexibility index (Phi) is 5.17. The van der Waals surface area contributed by atoms with Crippen molar-refractivity contribution in [3.05, 3.63) is 152 Å². The molecule has 0 saturated carbocycles. The second-order valence-electron chi connectivity index (χ2n) is 10.2. The van der Waals surface area contributed by atoms with Crippen molar-refractivity contribution in [1.29, 1.82) is 0 Å². The Bertz CT molecular complexity index is 2160. The highest BCUT2D eigenvalue weighted by atomic mass is 16.3. The van der Waals surface area contributed by atoms with Gasteiger partial charge in [-0.2, -0.15) is 0 Å². The summed E-state index contributed by atoms with van der Waals surface area (Å²) in [4.78, 5) is 2.32. The predicted molar refractivity (Wildman–Crippen MR) is 169 cm³/mol. The number of nitrogens with zero attached hydrogens (tertiary/aromatic N) is 1. The third kappa shape index (κ3) is 3.73. The van der Waals surface area contributed by atoms with E-state index in [1.165, 1.54) is 38.1 Å². The summed E-state index contributed by atoms with van der Waals surface area (Å²) in [5.74, 6) is 0. The van der Waals surface area contributed by atoms with Gasteiger partial charge in [-0.3, -0.25) is 0 Å². The summed E-state index contributed by atoms with van der Waals surface area (Å²) in [6.07, 6.45) is 0. The number of para-hydroxylation sites is 2.